The van der Waals surface area contributed by atoms with Gasteiger partial charge < -0.3 is 11.1 Å². The number of hydrogen-bond donors (Lipinski definition) is 2. The number of alkyl halides is 1. The number of sulfonamides is 1. The van der Waals surface area contributed by atoms with Crippen molar-refractivity contribution >= 4 is 21.6 Å². The summed E-state index contributed by atoms with van der Waals surface area (Å²) in [5.74, 6) is -3.05. The van der Waals surface area contributed by atoms with Crippen molar-refractivity contribution < 1.29 is 26.4 Å². The topological polar surface area (TPSA) is 95.7 Å². The zero-order valence-electron chi connectivity index (χ0n) is 16.0. The first-order chi connectivity index (χ1) is 13.7. The lowest BCUT2D eigenvalue weighted by atomic mass is 10.1. The molecule has 162 valence electrons. The molecule has 3 rings (SSSR count). The van der Waals surface area contributed by atoms with Crippen molar-refractivity contribution in [2.45, 2.75) is 42.8 Å². The predicted molar refractivity (Wildman–Crippen MR) is 102 cm³/mol. The van der Waals surface area contributed by atoms with E-state index in [9.17, 15) is 22.0 Å². The molecular formula is C18H25F3N4O3S. The molecule has 1 amide bonds. The van der Waals surface area contributed by atoms with Gasteiger partial charge in [0.15, 0.2) is 11.6 Å². The lowest BCUT2D eigenvalue weighted by Crippen LogP contribution is -2.53. The molecule has 2 saturated heterocycles. The van der Waals surface area contributed by atoms with E-state index in [2.05, 4.69) is 5.32 Å². The highest BCUT2D eigenvalue weighted by molar-refractivity contribution is 7.89. The van der Waals surface area contributed by atoms with E-state index in [-0.39, 0.29) is 31.4 Å². The fourth-order valence-electron chi connectivity index (χ4n) is 4.06. The normalized spacial score (nSPS) is 29.1. The first kappa shape index (κ1) is 22.0. The number of carbonyl (C=O) groups excluding carboxylic acids is 1. The van der Waals surface area contributed by atoms with Gasteiger partial charge >= 0.3 is 0 Å². The number of piperidine rings is 1. The van der Waals surface area contributed by atoms with Crippen LogP contribution < -0.4 is 11.1 Å². The van der Waals surface area contributed by atoms with Gasteiger partial charge in [-0.1, -0.05) is 6.42 Å². The number of likely N-dealkylation sites (tertiary alicyclic amines) is 1. The highest BCUT2D eigenvalue weighted by Gasteiger charge is 2.52. The minimum Gasteiger partial charge on any atom is -0.329 e. The van der Waals surface area contributed by atoms with Crippen molar-refractivity contribution in [3.05, 3.63) is 29.8 Å². The lowest BCUT2D eigenvalue weighted by molar-refractivity contribution is -0.121. The zero-order chi connectivity index (χ0) is 21.3. The molecule has 3 N–H and O–H groups in total. The number of carbonyl (C=O) groups is 1. The van der Waals surface area contributed by atoms with Gasteiger partial charge in [-0.2, -0.15) is 4.31 Å². The number of benzene rings is 1. The van der Waals surface area contributed by atoms with Crippen LogP contribution in [0.2, 0.25) is 0 Å². The summed E-state index contributed by atoms with van der Waals surface area (Å²) in [5.41, 5.74) is 5.66. The Morgan fingerprint density at radius 3 is 2.66 bits per heavy atom. The van der Waals surface area contributed by atoms with Crippen LogP contribution in [0.5, 0.6) is 0 Å². The quantitative estimate of drug-likeness (QED) is 0.723. The Bertz CT molecular complexity index is 870. The number of anilines is 1. The van der Waals surface area contributed by atoms with Gasteiger partial charge in [0.2, 0.25) is 15.9 Å². The van der Waals surface area contributed by atoms with Gasteiger partial charge in [0, 0.05) is 37.4 Å². The summed E-state index contributed by atoms with van der Waals surface area (Å²) < 4.78 is 69.1. The summed E-state index contributed by atoms with van der Waals surface area (Å²) in [6.45, 7) is 0.273. The first-order valence-electron chi connectivity index (χ1n) is 9.47. The van der Waals surface area contributed by atoms with E-state index >= 15 is 4.39 Å². The molecule has 4 atom stereocenters. The number of hydrogen-bond acceptors (Lipinski definition) is 5. The van der Waals surface area contributed by atoms with E-state index < -0.39 is 45.0 Å². The van der Waals surface area contributed by atoms with Crippen molar-refractivity contribution in [2.24, 2.45) is 5.73 Å². The summed E-state index contributed by atoms with van der Waals surface area (Å²) >= 11 is 0. The average Bonchev–Trinajstić information content (AvgIpc) is 2.99. The minimum atomic E-state index is -4.01. The van der Waals surface area contributed by atoms with Crippen LogP contribution in [0.3, 0.4) is 0 Å². The molecule has 11 heteroatoms. The second-order valence-electron chi connectivity index (χ2n) is 7.53. The minimum absolute atomic E-state index is 0.0416. The molecule has 0 bridgehead atoms. The summed E-state index contributed by atoms with van der Waals surface area (Å²) in [5, 5.41) is 0.926. The molecule has 0 aliphatic carbocycles. The summed E-state index contributed by atoms with van der Waals surface area (Å²) in [6, 6.07) is 1.02. The molecule has 0 saturated carbocycles. The van der Waals surface area contributed by atoms with Gasteiger partial charge in [0.05, 0.1) is 0 Å². The van der Waals surface area contributed by atoms with Crippen molar-refractivity contribution in [3.63, 3.8) is 0 Å². The van der Waals surface area contributed by atoms with E-state index in [1.54, 1.807) is 0 Å². The fourth-order valence-corrected chi connectivity index (χ4v) is 6.30. The van der Waals surface area contributed by atoms with Gasteiger partial charge in [0.1, 0.15) is 17.5 Å². The number of rotatable bonds is 5. The molecule has 4 unspecified atom stereocenters. The molecule has 1 aromatic rings. The van der Waals surface area contributed by atoms with Gasteiger partial charge in [-0.15, -0.1) is 0 Å². The SMILES string of the molecule is CN1CC(S(=O)(=O)N2CCCCC2CN)C(F)C1C(=O)Nc1ccc(F)c(F)c1. The van der Waals surface area contributed by atoms with E-state index in [4.69, 9.17) is 5.73 Å². The molecule has 1 aromatic carbocycles. The predicted octanol–water partition coefficient (Wildman–Crippen LogP) is 1.07. The third-order valence-corrected chi connectivity index (χ3v) is 7.92. The van der Waals surface area contributed by atoms with E-state index in [0.717, 1.165) is 24.6 Å². The van der Waals surface area contributed by atoms with Crippen LogP contribution in [0.25, 0.3) is 0 Å². The Hall–Kier alpha value is -1.69. The van der Waals surface area contributed by atoms with E-state index in [1.807, 2.05) is 0 Å². The van der Waals surface area contributed by atoms with E-state index in [0.29, 0.717) is 12.8 Å². The van der Waals surface area contributed by atoms with Crippen molar-refractivity contribution in [2.75, 3.05) is 32.0 Å². The number of amides is 1. The molecule has 7 nitrogen and oxygen atoms in total. The third kappa shape index (κ3) is 4.27. The first-order valence-corrected chi connectivity index (χ1v) is 11.0. The molecular weight excluding hydrogens is 409 g/mol. The molecule has 0 radical (unpaired) electrons. The second-order valence-corrected chi connectivity index (χ2v) is 9.63. The molecule has 0 spiro atoms. The number of nitrogens with one attached hydrogen (secondary N) is 1. The van der Waals surface area contributed by atoms with Crippen LogP contribution in [-0.2, 0) is 14.8 Å². The van der Waals surface area contributed by atoms with Gasteiger partial charge in [-0.05, 0) is 32.0 Å². The number of likely N-dealkylation sites (N-methyl/N-ethyl adjacent to an activating group) is 1. The smallest absolute Gasteiger partial charge is 0.244 e. The highest BCUT2D eigenvalue weighted by atomic mass is 32.2. The standard InChI is InChI=1S/C18H25F3N4O3S/c1-24-10-15(29(27,28)25-7-3-2-4-12(25)9-22)16(21)17(24)18(26)23-11-5-6-13(19)14(20)8-11/h5-6,8,12,15-17H,2-4,7,9-10,22H2,1H3,(H,23,26). The van der Waals surface area contributed by atoms with Gasteiger partial charge in [-0.25, -0.2) is 21.6 Å². The molecule has 2 aliphatic heterocycles. The molecule has 2 heterocycles. The van der Waals surface area contributed by atoms with Crippen LogP contribution >= 0.6 is 0 Å². The second kappa shape index (κ2) is 8.58. The molecule has 2 fully saturated rings. The monoisotopic (exact) mass is 434 g/mol. The van der Waals surface area contributed by atoms with Crippen LogP contribution in [0.4, 0.5) is 18.9 Å². The maximum absolute atomic E-state index is 15.2. The van der Waals surface area contributed by atoms with Crippen LogP contribution in [0.15, 0.2) is 18.2 Å². The van der Waals surface area contributed by atoms with Gasteiger partial charge in [-0.3, -0.25) is 9.69 Å². The van der Waals surface area contributed by atoms with Crippen molar-refractivity contribution in [1.82, 2.24) is 9.21 Å². The number of nitrogens with zero attached hydrogens (tertiary/aromatic N) is 2. The Morgan fingerprint density at radius 1 is 1.28 bits per heavy atom. The Morgan fingerprint density at radius 2 is 2.00 bits per heavy atom. The highest BCUT2D eigenvalue weighted by Crippen LogP contribution is 2.31. The fraction of sp³-hybridized carbons (Fsp3) is 0.611. The van der Waals surface area contributed by atoms with Crippen molar-refractivity contribution in [3.8, 4) is 0 Å². The summed E-state index contributed by atoms with van der Waals surface area (Å²) in [6.07, 6.45) is 0.178. The number of halogens is 3. The third-order valence-electron chi connectivity index (χ3n) is 5.61. The molecule has 2 aliphatic rings. The van der Waals surface area contributed by atoms with Crippen LogP contribution in [0, 0.1) is 11.6 Å². The van der Waals surface area contributed by atoms with Crippen LogP contribution in [0.1, 0.15) is 19.3 Å². The Balaban J connectivity index is 1.77. The van der Waals surface area contributed by atoms with Gasteiger partial charge in [0.25, 0.3) is 0 Å². The maximum atomic E-state index is 15.2. The van der Waals surface area contributed by atoms with Crippen LogP contribution in [-0.4, -0.2) is 73.7 Å². The Labute approximate surface area is 168 Å². The average molecular weight is 434 g/mol. The largest absolute Gasteiger partial charge is 0.329 e. The summed E-state index contributed by atoms with van der Waals surface area (Å²) in [4.78, 5) is 13.9. The summed E-state index contributed by atoms with van der Waals surface area (Å²) in [7, 11) is -2.56. The molecule has 0 aromatic heterocycles. The number of nitrogens with two attached hydrogens (primary N) is 1. The maximum Gasteiger partial charge on any atom is 0.244 e. The zero-order valence-corrected chi connectivity index (χ0v) is 16.8. The molecule has 29 heavy (non-hydrogen) atoms. The lowest BCUT2D eigenvalue weighted by Gasteiger charge is -2.36. The van der Waals surface area contributed by atoms with Crippen molar-refractivity contribution in [1.29, 1.82) is 0 Å². The Kier molecular flexibility index (Phi) is 6.51. The van der Waals surface area contributed by atoms with E-state index in [1.165, 1.54) is 16.3 Å².